The van der Waals surface area contributed by atoms with Crippen molar-refractivity contribution in [3.8, 4) is 0 Å². The molecule has 0 saturated heterocycles. The van der Waals surface area contributed by atoms with Gasteiger partial charge in [0.2, 0.25) is 0 Å². The molecule has 0 radical (unpaired) electrons. The van der Waals surface area contributed by atoms with Gasteiger partial charge in [-0.2, -0.15) is 13.2 Å². The van der Waals surface area contributed by atoms with E-state index in [1.165, 1.54) is 13.1 Å². The van der Waals surface area contributed by atoms with E-state index >= 15 is 0 Å². The van der Waals surface area contributed by atoms with E-state index in [1.807, 2.05) is 0 Å². The minimum atomic E-state index is -4.45. The maximum atomic E-state index is 13.7. The molecule has 2 rings (SSSR count). The fourth-order valence-corrected chi connectivity index (χ4v) is 2.82. The van der Waals surface area contributed by atoms with Gasteiger partial charge in [0.1, 0.15) is 10.8 Å². The molecule has 4 nitrogen and oxygen atoms in total. The van der Waals surface area contributed by atoms with Crippen LogP contribution in [0, 0.1) is 5.82 Å². The van der Waals surface area contributed by atoms with Crippen molar-refractivity contribution in [2.75, 3.05) is 7.05 Å². The van der Waals surface area contributed by atoms with Gasteiger partial charge in [0, 0.05) is 29.0 Å². The highest BCUT2D eigenvalue weighted by Gasteiger charge is 2.33. The molecule has 11 heteroatoms. The summed E-state index contributed by atoms with van der Waals surface area (Å²) in [5.74, 6) is -0.0388. The molecule has 2 N–H and O–H groups in total. The van der Waals surface area contributed by atoms with E-state index in [0.29, 0.717) is 16.0 Å². The number of guanidine groups is 1. The van der Waals surface area contributed by atoms with Crippen LogP contribution in [0.4, 0.5) is 17.6 Å². The molecule has 1 aromatic carbocycles. The molecule has 25 heavy (non-hydrogen) atoms. The Balaban J connectivity index is 0.00000312. The molecule has 0 saturated carbocycles. The van der Waals surface area contributed by atoms with Crippen LogP contribution >= 0.6 is 51.2 Å². The van der Waals surface area contributed by atoms with Crippen LogP contribution in [-0.4, -0.2) is 18.0 Å². The highest BCUT2D eigenvalue weighted by Crippen LogP contribution is 2.29. The number of thiazole rings is 1. The molecule has 1 heterocycles. The van der Waals surface area contributed by atoms with Gasteiger partial charge in [-0.1, -0.05) is 22.0 Å². The van der Waals surface area contributed by atoms with Crippen molar-refractivity contribution in [2.24, 2.45) is 4.99 Å². The van der Waals surface area contributed by atoms with Crippen molar-refractivity contribution < 1.29 is 17.6 Å². The van der Waals surface area contributed by atoms with Crippen molar-refractivity contribution in [3.63, 3.8) is 0 Å². The maximum Gasteiger partial charge on any atom is 0.434 e. The Labute approximate surface area is 171 Å². The summed E-state index contributed by atoms with van der Waals surface area (Å²) in [5.41, 5.74) is -0.473. The average Bonchev–Trinajstić information content (AvgIpc) is 2.98. The Hall–Kier alpha value is -0.950. The summed E-state index contributed by atoms with van der Waals surface area (Å²) >= 11 is 4.08. The number of nitrogens with zero attached hydrogens (tertiary/aromatic N) is 2. The van der Waals surface area contributed by atoms with Gasteiger partial charge in [0.25, 0.3) is 0 Å². The Bertz CT molecular complexity index is 736. The van der Waals surface area contributed by atoms with Crippen LogP contribution in [0.1, 0.15) is 16.3 Å². The average molecular weight is 553 g/mol. The summed E-state index contributed by atoms with van der Waals surface area (Å²) in [6.45, 7) is 0.272. The number of halogens is 6. The van der Waals surface area contributed by atoms with Gasteiger partial charge in [0.15, 0.2) is 11.7 Å². The van der Waals surface area contributed by atoms with Crippen LogP contribution in [0.2, 0.25) is 0 Å². The molecule has 2 aromatic rings. The van der Waals surface area contributed by atoms with Gasteiger partial charge < -0.3 is 10.6 Å². The third-order valence-electron chi connectivity index (χ3n) is 2.93. The quantitative estimate of drug-likeness (QED) is 0.253. The molecule has 0 atom stereocenters. The smallest absolute Gasteiger partial charge is 0.352 e. The highest BCUT2D eigenvalue weighted by molar-refractivity contribution is 14.0. The van der Waals surface area contributed by atoms with Crippen LogP contribution < -0.4 is 10.6 Å². The lowest BCUT2D eigenvalue weighted by Gasteiger charge is -2.11. The van der Waals surface area contributed by atoms with Crippen molar-refractivity contribution in [2.45, 2.75) is 19.3 Å². The van der Waals surface area contributed by atoms with E-state index in [0.717, 1.165) is 16.7 Å². The Morgan fingerprint density at radius 1 is 1.28 bits per heavy atom. The molecular weight excluding hydrogens is 539 g/mol. The van der Waals surface area contributed by atoms with Crippen molar-refractivity contribution in [3.05, 3.63) is 50.1 Å². The molecule has 0 aliphatic carbocycles. The summed E-state index contributed by atoms with van der Waals surface area (Å²) in [6.07, 6.45) is -4.45. The predicted octanol–water partition coefficient (Wildman–Crippen LogP) is 4.55. The van der Waals surface area contributed by atoms with Crippen LogP contribution in [0.25, 0.3) is 0 Å². The van der Waals surface area contributed by atoms with Crippen molar-refractivity contribution >= 4 is 57.2 Å². The number of rotatable bonds is 4. The second-order valence-electron chi connectivity index (χ2n) is 4.64. The number of hydrogen-bond acceptors (Lipinski definition) is 3. The number of alkyl halides is 3. The van der Waals surface area contributed by atoms with Crippen molar-refractivity contribution in [1.29, 1.82) is 0 Å². The Kier molecular flexibility index (Phi) is 8.54. The largest absolute Gasteiger partial charge is 0.434 e. The maximum absolute atomic E-state index is 13.7. The van der Waals surface area contributed by atoms with E-state index in [4.69, 9.17) is 0 Å². The molecule has 1 aromatic heterocycles. The first-order valence-corrected chi connectivity index (χ1v) is 8.37. The van der Waals surface area contributed by atoms with Gasteiger partial charge in [-0.25, -0.2) is 9.37 Å². The topological polar surface area (TPSA) is 49.3 Å². The zero-order valence-corrected chi connectivity index (χ0v) is 17.6. The number of nitrogens with one attached hydrogen (secondary N) is 2. The molecule has 0 aliphatic rings. The fraction of sp³-hybridized carbons (Fsp3) is 0.286. The van der Waals surface area contributed by atoms with E-state index in [9.17, 15) is 17.6 Å². The normalized spacial score (nSPS) is 11.8. The van der Waals surface area contributed by atoms with Gasteiger partial charge in [-0.15, -0.1) is 35.3 Å². The molecule has 0 bridgehead atoms. The number of benzene rings is 1. The van der Waals surface area contributed by atoms with Crippen LogP contribution in [0.5, 0.6) is 0 Å². The second-order valence-corrected chi connectivity index (χ2v) is 6.50. The molecule has 0 unspecified atom stereocenters. The summed E-state index contributed by atoms with van der Waals surface area (Å²) in [5, 5.41) is 6.97. The minimum Gasteiger partial charge on any atom is -0.352 e. The molecule has 138 valence electrons. The van der Waals surface area contributed by atoms with Gasteiger partial charge in [-0.05, 0) is 12.1 Å². The van der Waals surface area contributed by atoms with Crippen LogP contribution in [-0.2, 0) is 19.3 Å². The zero-order chi connectivity index (χ0) is 17.7. The minimum absolute atomic E-state index is 0. The number of hydrogen-bond donors (Lipinski definition) is 2. The Morgan fingerprint density at radius 2 is 1.96 bits per heavy atom. The van der Waals surface area contributed by atoms with E-state index in [1.54, 1.807) is 12.1 Å². The lowest BCUT2D eigenvalue weighted by molar-refractivity contribution is -0.140. The predicted molar refractivity (Wildman–Crippen MR) is 104 cm³/mol. The molecule has 0 aliphatic heterocycles. The van der Waals surface area contributed by atoms with Crippen LogP contribution in [0.3, 0.4) is 0 Å². The van der Waals surface area contributed by atoms with Gasteiger partial charge >= 0.3 is 6.18 Å². The van der Waals surface area contributed by atoms with E-state index in [-0.39, 0.29) is 47.9 Å². The lowest BCUT2D eigenvalue weighted by atomic mass is 10.2. The van der Waals surface area contributed by atoms with E-state index in [2.05, 4.69) is 36.5 Å². The van der Waals surface area contributed by atoms with E-state index < -0.39 is 11.9 Å². The van der Waals surface area contributed by atoms with Gasteiger partial charge in [0.05, 0.1) is 6.54 Å². The first-order chi connectivity index (χ1) is 11.3. The fourth-order valence-electron chi connectivity index (χ4n) is 1.75. The monoisotopic (exact) mass is 552 g/mol. The molecular formula is C14H14BrF4IN4S. The molecule has 0 amide bonds. The number of aromatic nitrogens is 1. The first kappa shape index (κ1) is 22.1. The SMILES string of the molecule is CN=C(NCc1nc(C(F)(F)F)cs1)NCc1ccc(Br)cc1F.I. The standard InChI is InChI=1S/C14H13BrF4N4S.HI/c1-20-13(21-5-8-2-3-9(15)4-10(8)16)22-6-12-23-11(7-24-12)14(17,18)19;/h2-4,7H,5-6H2,1H3,(H2,20,21,22);1H. The summed E-state index contributed by atoms with van der Waals surface area (Å²) in [6, 6.07) is 4.68. The summed E-state index contributed by atoms with van der Waals surface area (Å²) < 4.78 is 51.8. The molecule has 0 fully saturated rings. The van der Waals surface area contributed by atoms with Gasteiger partial charge in [-0.3, -0.25) is 4.99 Å². The molecule has 0 spiro atoms. The second kappa shape index (κ2) is 9.67. The summed E-state index contributed by atoms with van der Waals surface area (Å²) in [7, 11) is 1.51. The third kappa shape index (κ3) is 6.70. The zero-order valence-electron chi connectivity index (χ0n) is 12.8. The lowest BCUT2D eigenvalue weighted by Crippen LogP contribution is -2.36. The summed E-state index contributed by atoms with van der Waals surface area (Å²) in [4.78, 5) is 7.45. The number of aliphatic imine (C=N–C) groups is 1. The Morgan fingerprint density at radius 3 is 2.52 bits per heavy atom. The highest BCUT2D eigenvalue weighted by atomic mass is 127. The van der Waals surface area contributed by atoms with Crippen molar-refractivity contribution in [1.82, 2.24) is 15.6 Å². The third-order valence-corrected chi connectivity index (χ3v) is 4.28. The van der Waals surface area contributed by atoms with Crippen LogP contribution in [0.15, 0.2) is 33.0 Å². The first-order valence-electron chi connectivity index (χ1n) is 6.69.